The molecule has 4 nitrogen and oxygen atoms in total. The summed E-state index contributed by atoms with van der Waals surface area (Å²) in [7, 11) is 3.65. The number of hydrogen-bond acceptors (Lipinski definition) is 3. The molecule has 0 bridgehead atoms. The molecule has 2 aromatic rings. The maximum atomic E-state index is 12.1. The van der Waals surface area contributed by atoms with Gasteiger partial charge in [0.1, 0.15) is 5.75 Å². The van der Waals surface area contributed by atoms with E-state index < -0.39 is 0 Å². The number of amides is 1. The zero-order valence-electron chi connectivity index (χ0n) is 14.1. The van der Waals surface area contributed by atoms with Crippen molar-refractivity contribution in [1.82, 2.24) is 4.90 Å². The Bertz CT molecular complexity index is 659. The molecule has 5 heteroatoms. The first-order chi connectivity index (χ1) is 11.6. The standard InChI is InChI=1S/C19H23IN2O2/c1-22(12-4-5-15-8-10-18(24-2)11-9-15)14-19(23)21-17-7-3-6-16(20)13-17/h3,6-11,13H,4-5,12,14H2,1-2H3,(H,21,23). The third-order valence-corrected chi connectivity index (χ3v) is 4.36. The monoisotopic (exact) mass is 438 g/mol. The molecule has 1 N–H and O–H groups in total. The highest BCUT2D eigenvalue weighted by Crippen LogP contribution is 2.13. The maximum absolute atomic E-state index is 12.1. The topological polar surface area (TPSA) is 41.6 Å². The van der Waals surface area contributed by atoms with Crippen LogP contribution in [-0.4, -0.2) is 38.1 Å². The highest BCUT2D eigenvalue weighted by Gasteiger charge is 2.07. The van der Waals surface area contributed by atoms with Gasteiger partial charge in [-0.25, -0.2) is 0 Å². The third kappa shape index (κ3) is 6.49. The van der Waals surface area contributed by atoms with Crippen molar-refractivity contribution in [3.63, 3.8) is 0 Å². The van der Waals surface area contributed by atoms with Crippen molar-refractivity contribution in [2.24, 2.45) is 0 Å². The van der Waals surface area contributed by atoms with Crippen molar-refractivity contribution in [3.05, 3.63) is 57.7 Å². The lowest BCUT2D eigenvalue weighted by molar-refractivity contribution is -0.117. The van der Waals surface area contributed by atoms with Crippen LogP contribution in [0.5, 0.6) is 5.75 Å². The van der Waals surface area contributed by atoms with Gasteiger partial charge in [-0.1, -0.05) is 18.2 Å². The van der Waals surface area contributed by atoms with E-state index in [1.807, 2.05) is 48.3 Å². The predicted molar refractivity (Wildman–Crippen MR) is 107 cm³/mol. The van der Waals surface area contributed by atoms with Crippen LogP contribution in [0.1, 0.15) is 12.0 Å². The molecule has 0 atom stereocenters. The third-order valence-electron chi connectivity index (χ3n) is 3.69. The molecule has 0 aliphatic rings. The zero-order valence-corrected chi connectivity index (χ0v) is 16.2. The molecule has 0 heterocycles. The van der Waals surface area contributed by atoms with Crippen molar-refractivity contribution in [1.29, 1.82) is 0 Å². The Kier molecular flexibility index (Phi) is 7.52. The SMILES string of the molecule is COc1ccc(CCCN(C)CC(=O)Nc2cccc(I)c2)cc1. The first-order valence-electron chi connectivity index (χ1n) is 7.93. The Morgan fingerprint density at radius 3 is 2.62 bits per heavy atom. The first kappa shape index (κ1) is 18.7. The number of methoxy groups -OCH3 is 1. The minimum atomic E-state index is 0.0175. The molecule has 2 rings (SSSR count). The van der Waals surface area contributed by atoms with Gasteiger partial charge in [-0.15, -0.1) is 0 Å². The van der Waals surface area contributed by atoms with E-state index in [-0.39, 0.29) is 5.91 Å². The van der Waals surface area contributed by atoms with Gasteiger partial charge in [-0.05, 0) is 84.9 Å². The lowest BCUT2D eigenvalue weighted by atomic mass is 10.1. The van der Waals surface area contributed by atoms with E-state index in [1.165, 1.54) is 5.56 Å². The number of hydrogen-bond donors (Lipinski definition) is 1. The Morgan fingerprint density at radius 2 is 1.96 bits per heavy atom. The number of nitrogens with one attached hydrogen (secondary N) is 1. The Hall–Kier alpha value is -1.60. The number of ether oxygens (including phenoxy) is 1. The summed E-state index contributed by atoms with van der Waals surface area (Å²) in [6.45, 7) is 1.28. The van der Waals surface area contributed by atoms with E-state index in [1.54, 1.807) is 7.11 Å². The second-order valence-corrected chi connectivity index (χ2v) is 6.99. The van der Waals surface area contributed by atoms with Gasteiger partial charge in [0, 0.05) is 9.26 Å². The average molecular weight is 438 g/mol. The molecule has 128 valence electrons. The Balaban J connectivity index is 1.70. The summed E-state index contributed by atoms with van der Waals surface area (Å²) in [4.78, 5) is 14.1. The molecule has 0 saturated heterocycles. The lowest BCUT2D eigenvalue weighted by Gasteiger charge is -2.16. The normalized spacial score (nSPS) is 10.7. The summed E-state index contributed by atoms with van der Waals surface area (Å²) in [6, 6.07) is 15.9. The van der Waals surface area contributed by atoms with Gasteiger partial charge in [0.25, 0.3) is 0 Å². The van der Waals surface area contributed by atoms with Gasteiger partial charge in [-0.2, -0.15) is 0 Å². The number of carbonyl (C=O) groups excluding carboxylic acids is 1. The van der Waals surface area contributed by atoms with Crippen LogP contribution in [0.4, 0.5) is 5.69 Å². The number of rotatable bonds is 8. The second-order valence-electron chi connectivity index (χ2n) is 5.75. The highest BCUT2D eigenvalue weighted by molar-refractivity contribution is 14.1. The van der Waals surface area contributed by atoms with Crippen molar-refractivity contribution in [3.8, 4) is 5.75 Å². The first-order valence-corrected chi connectivity index (χ1v) is 9.01. The number of halogens is 1. The molecule has 0 aliphatic carbocycles. The predicted octanol–water partition coefficient (Wildman–Crippen LogP) is 3.80. The van der Waals surface area contributed by atoms with Crippen LogP contribution >= 0.6 is 22.6 Å². The molecule has 24 heavy (non-hydrogen) atoms. The fraction of sp³-hybridized carbons (Fsp3) is 0.316. The molecule has 1 amide bonds. The summed E-state index contributed by atoms with van der Waals surface area (Å²) in [5.41, 5.74) is 2.13. The van der Waals surface area contributed by atoms with Gasteiger partial charge in [-0.3, -0.25) is 9.69 Å². The van der Waals surface area contributed by atoms with E-state index >= 15 is 0 Å². The molecule has 0 saturated carbocycles. The Morgan fingerprint density at radius 1 is 1.21 bits per heavy atom. The van der Waals surface area contributed by atoms with Crippen LogP contribution in [0.2, 0.25) is 0 Å². The van der Waals surface area contributed by atoms with Gasteiger partial charge >= 0.3 is 0 Å². The van der Waals surface area contributed by atoms with E-state index in [2.05, 4.69) is 40.0 Å². The molecule has 0 spiro atoms. The van der Waals surface area contributed by atoms with Gasteiger partial charge in [0.05, 0.1) is 13.7 Å². The number of likely N-dealkylation sites (N-methyl/N-ethyl adjacent to an activating group) is 1. The van der Waals surface area contributed by atoms with E-state index in [9.17, 15) is 4.79 Å². The zero-order chi connectivity index (χ0) is 17.4. The van der Waals surface area contributed by atoms with Gasteiger partial charge < -0.3 is 10.1 Å². The molecule has 0 aliphatic heterocycles. The molecule has 0 fully saturated rings. The smallest absolute Gasteiger partial charge is 0.238 e. The molecule has 0 aromatic heterocycles. The number of benzene rings is 2. The molecular formula is C19H23IN2O2. The van der Waals surface area contributed by atoms with Gasteiger partial charge in [0.2, 0.25) is 5.91 Å². The second kappa shape index (κ2) is 9.64. The number of anilines is 1. The van der Waals surface area contributed by atoms with Crippen LogP contribution < -0.4 is 10.1 Å². The van der Waals surface area contributed by atoms with Crippen LogP contribution in [-0.2, 0) is 11.2 Å². The summed E-state index contributed by atoms with van der Waals surface area (Å²) >= 11 is 2.24. The van der Waals surface area contributed by atoms with Crippen LogP contribution in [0.25, 0.3) is 0 Å². The maximum Gasteiger partial charge on any atom is 0.238 e. The van der Waals surface area contributed by atoms with Crippen molar-refractivity contribution >= 4 is 34.2 Å². The average Bonchev–Trinajstić information content (AvgIpc) is 2.55. The summed E-state index contributed by atoms with van der Waals surface area (Å²) in [5, 5.41) is 2.94. The van der Waals surface area contributed by atoms with Crippen LogP contribution in [0.3, 0.4) is 0 Å². The minimum absolute atomic E-state index is 0.0175. The summed E-state index contributed by atoms with van der Waals surface area (Å²) in [6.07, 6.45) is 2.01. The Labute approximate surface area is 157 Å². The van der Waals surface area contributed by atoms with Gasteiger partial charge in [0.15, 0.2) is 0 Å². The highest BCUT2D eigenvalue weighted by atomic mass is 127. The molecule has 2 aromatic carbocycles. The lowest BCUT2D eigenvalue weighted by Crippen LogP contribution is -2.31. The van der Waals surface area contributed by atoms with Crippen LogP contribution in [0.15, 0.2) is 48.5 Å². The summed E-state index contributed by atoms with van der Waals surface area (Å²) < 4.78 is 6.27. The molecular weight excluding hydrogens is 415 g/mol. The fourth-order valence-electron chi connectivity index (χ4n) is 2.44. The number of aryl methyl sites for hydroxylation is 1. The van der Waals surface area contributed by atoms with Crippen molar-refractivity contribution in [2.75, 3.05) is 32.6 Å². The summed E-state index contributed by atoms with van der Waals surface area (Å²) in [5.74, 6) is 0.895. The number of carbonyl (C=O) groups is 1. The van der Waals surface area contributed by atoms with Crippen molar-refractivity contribution < 1.29 is 9.53 Å². The van der Waals surface area contributed by atoms with Crippen LogP contribution in [0, 0.1) is 3.57 Å². The van der Waals surface area contributed by atoms with Crippen molar-refractivity contribution in [2.45, 2.75) is 12.8 Å². The fourth-order valence-corrected chi connectivity index (χ4v) is 2.98. The number of nitrogens with zero attached hydrogens (tertiary/aromatic N) is 1. The molecule has 0 unspecified atom stereocenters. The van der Waals surface area contributed by atoms with E-state index in [0.717, 1.165) is 34.4 Å². The quantitative estimate of drug-likeness (QED) is 0.638. The largest absolute Gasteiger partial charge is 0.497 e. The van der Waals surface area contributed by atoms with E-state index in [4.69, 9.17) is 4.74 Å². The minimum Gasteiger partial charge on any atom is -0.497 e. The molecule has 0 radical (unpaired) electrons. The van der Waals surface area contributed by atoms with E-state index in [0.29, 0.717) is 6.54 Å².